The second-order valence-electron chi connectivity index (χ2n) is 5.73. The molecule has 0 spiro atoms. The van der Waals surface area contributed by atoms with E-state index in [0.717, 1.165) is 26.1 Å². The number of benzene rings is 1. The minimum atomic E-state index is -0.0986. The minimum Gasteiger partial charge on any atom is -0.320 e. The van der Waals surface area contributed by atoms with Gasteiger partial charge in [0.1, 0.15) is 0 Å². The van der Waals surface area contributed by atoms with E-state index in [4.69, 9.17) is 0 Å². The summed E-state index contributed by atoms with van der Waals surface area (Å²) in [5.74, 6) is -0.00383. The number of rotatable bonds is 2. The van der Waals surface area contributed by atoms with Gasteiger partial charge in [0, 0.05) is 30.4 Å². The van der Waals surface area contributed by atoms with Gasteiger partial charge < -0.3 is 15.1 Å². The highest BCUT2D eigenvalue weighted by atomic mass is 16.2. The Morgan fingerprint density at radius 2 is 2.05 bits per heavy atom. The highest BCUT2D eigenvalue weighted by Crippen LogP contribution is 2.14. The molecule has 1 atom stereocenters. The van der Waals surface area contributed by atoms with Gasteiger partial charge in [-0.2, -0.15) is 0 Å². The summed E-state index contributed by atoms with van der Waals surface area (Å²) in [5, 5.41) is 2.90. The molecule has 0 aromatic heterocycles. The van der Waals surface area contributed by atoms with Gasteiger partial charge in [-0.1, -0.05) is 12.1 Å². The van der Waals surface area contributed by atoms with Crippen molar-refractivity contribution in [3.63, 3.8) is 0 Å². The highest BCUT2D eigenvalue weighted by molar-refractivity contribution is 5.96. The number of amides is 2. The van der Waals surface area contributed by atoms with Crippen molar-refractivity contribution in [3.05, 3.63) is 29.8 Å². The quantitative estimate of drug-likeness (QED) is 0.851. The van der Waals surface area contributed by atoms with Crippen LogP contribution in [-0.4, -0.2) is 54.3 Å². The summed E-state index contributed by atoms with van der Waals surface area (Å²) in [6.07, 6.45) is 0.974. The Bertz CT molecular complexity index is 530. The molecule has 2 amide bonds. The topological polar surface area (TPSA) is 52.7 Å². The zero-order valence-electron chi connectivity index (χ0n) is 12.9. The second-order valence-corrected chi connectivity index (χ2v) is 5.73. The third-order valence-electron chi connectivity index (χ3n) is 3.83. The number of likely N-dealkylation sites (N-methyl/N-ethyl adjacent to an activating group) is 1. The van der Waals surface area contributed by atoms with E-state index in [9.17, 15) is 9.59 Å². The predicted molar refractivity (Wildman–Crippen MR) is 83.7 cm³/mol. The number of carbonyl (C=O) groups excluding carboxylic acids is 2. The Hall–Kier alpha value is -1.88. The van der Waals surface area contributed by atoms with Crippen molar-refractivity contribution >= 4 is 17.5 Å². The van der Waals surface area contributed by atoms with Crippen LogP contribution in [0.2, 0.25) is 0 Å². The molecule has 1 aromatic carbocycles. The van der Waals surface area contributed by atoms with Crippen molar-refractivity contribution in [3.8, 4) is 0 Å². The molecule has 1 heterocycles. The van der Waals surface area contributed by atoms with Crippen LogP contribution < -0.4 is 5.32 Å². The van der Waals surface area contributed by atoms with Crippen LogP contribution in [0.5, 0.6) is 0 Å². The molecule has 1 aliphatic rings. The van der Waals surface area contributed by atoms with Crippen molar-refractivity contribution in [1.29, 1.82) is 0 Å². The van der Waals surface area contributed by atoms with Gasteiger partial charge in [0.05, 0.1) is 0 Å². The summed E-state index contributed by atoms with van der Waals surface area (Å²) in [5.41, 5.74) is 1.27. The van der Waals surface area contributed by atoms with Crippen molar-refractivity contribution in [2.45, 2.75) is 26.3 Å². The van der Waals surface area contributed by atoms with Crippen LogP contribution in [0.4, 0.5) is 10.5 Å². The number of ketones is 1. The van der Waals surface area contributed by atoms with Crippen molar-refractivity contribution in [1.82, 2.24) is 9.80 Å². The Morgan fingerprint density at radius 3 is 2.76 bits per heavy atom. The predicted octanol–water partition coefficient (Wildman–Crippen LogP) is 2.45. The van der Waals surface area contributed by atoms with E-state index in [1.54, 1.807) is 24.3 Å². The molecule has 1 aromatic rings. The molecule has 0 saturated carbocycles. The highest BCUT2D eigenvalue weighted by Gasteiger charge is 2.24. The van der Waals surface area contributed by atoms with Crippen LogP contribution in [0, 0.1) is 0 Å². The molecule has 1 unspecified atom stereocenters. The summed E-state index contributed by atoms with van der Waals surface area (Å²) < 4.78 is 0. The van der Waals surface area contributed by atoms with E-state index in [0.29, 0.717) is 11.3 Å². The van der Waals surface area contributed by atoms with Crippen LogP contribution in [0.25, 0.3) is 0 Å². The molecule has 1 saturated heterocycles. The first-order valence-corrected chi connectivity index (χ1v) is 7.34. The zero-order valence-corrected chi connectivity index (χ0v) is 12.9. The van der Waals surface area contributed by atoms with Gasteiger partial charge in [-0.15, -0.1) is 0 Å². The molecule has 0 radical (unpaired) electrons. The monoisotopic (exact) mass is 289 g/mol. The molecular formula is C16H23N3O2. The largest absolute Gasteiger partial charge is 0.322 e. The van der Waals surface area contributed by atoms with E-state index < -0.39 is 0 Å². The van der Waals surface area contributed by atoms with E-state index in [2.05, 4.69) is 24.2 Å². The number of nitrogens with zero attached hydrogens (tertiary/aromatic N) is 2. The summed E-state index contributed by atoms with van der Waals surface area (Å²) in [6, 6.07) is 7.13. The lowest BCUT2D eigenvalue weighted by molar-refractivity contribution is 0.101. The Balaban J connectivity index is 2.06. The van der Waals surface area contributed by atoms with Gasteiger partial charge in [0.2, 0.25) is 0 Å². The van der Waals surface area contributed by atoms with E-state index >= 15 is 0 Å². The van der Waals surface area contributed by atoms with Gasteiger partial charge in [-0.25, -0.2) is 4.79 Å². The maximum absolute atomic E-state index is 12.4. The van der Waals surface area contributed by atoms with E-state index in [1.807, 2.05) is 4.90 Å². The van der Waals surface area contributed by atoms with Gasteiger partial charge in [-0.3, -0.25) is 4.79 Å². The first-order chi connectivity index (χ1) is 9.97. The maximum Gasteiger partial charge on any atom is 0.322 e. The van der Waals surface area contributed by atoms with Crippen molar-refractivity contribution < 1.29 is 9.59 Å². The molecule has 0 aliphatic carbocycles. The lowest BCUT2D eigenvalue weighted by Gasteiger charge is -2.28. The fourth-order valence-electron chi connectivity index (χ4n) is 2.69. The lowest BCUT2D eigenvalue weighted by Crippen LogP contribution is -2.44. The number of Topliss-reactive ketones (excluding diaryl/α,β-unsaturated/α-hetero) is 1. The molecule has 1 aliphatic heterocycles. The maximum atomic E-state index is 12.4. The Morgan fingerprint density at radius 1 is 1.29 bits per heavy atom. The number of hydrogen-bond donors (Lipinski definition) is 1. The Labute approximate surface area is 125 Å². The molecule has 1 N–H and O–H groups in total. The van der Waals surface area contributed by atoms with Gasteiger partial charge in [-0.05, 0) is 46.0 Å². The van der Waals surface area contributed by atoms with E-state index in [-0.39, 0.29) is 17.9 Å². The minimum absolute atomic E-state index is 0.00383. The average Bonchev–Trinajstić information content (AvgIpc) is 2.59. The molecular weight excluding hydrogens is 266 g/mol. The first-order valence-electron chi connectivity index (χ1n) is 7.34. The fraction of sp³-hybridized carbons (Fsp3) is 0.500. The SMILES string of the molecule is CC(=O)c1cccc(NC(=O)N2CCCN(C)CC2C)c1. The third kappa shape index (κ3) is 4.04. The molecule has 1 fully saturated rings. The standard InChI is InChI=1S/C16H23N3O2/c1-12-11-18(3)8-5-9-19(12)16(21)17-15-7-4-6-14(10-15)13(2)20/h4,6-7,10,12H,5,8-9,11H2,1-3H3,(H,17,21). The van der Waals surface area contributed by atoms with Crippen LogP contribution in [0.3, 0.4) is 0 Å². The smallest absolute Gasteiger partial charge is 0.320 e. The summed E-state index contributed by atoms with van der Waals surface area (Å²) in [4.78, 5) is 27.9. The molecule has 0 bridgehead atoms. The zero-order chi connectivity index (χ0) is 15.4. The molecule has 114 valence electrons. The van der Waals surface area contributed by atoms with Crippen LogP contribution >= 0.6 is 0 Å². The van der Waals surface area contributed by atoms with Crippen LogP contribution in [-0.2, 0) is 0 Å². The molecule has 5 heteroatoms. The lowest BCUT2D eigenvalue weighted by atomic mass is 10.1. The van der Waals surface area contributed by atoms with Gasteiger partial charge in [0.25, 0.3) is 0 Å². The number of urea groups is 1. The van der Waals surface area contributed by atoms with E-state index in [1.165, 1.54) is 6.92 Å². The number of anilines is 1. The number of carbonyl (C=O) groups is 2. The summed E-state index contributed by atoms with van der Waals surface area (Å²) in [7, 11) is 2.08. The van der Waals surface area contributed by atoms with Crippen LogP contribution in [0.15, 0.2) is 24.3 Å². The first kappa shape index (κ1) is 15.5. The molecule has 21 heavy (non-hydrogen) atoms. The molecule has 5 nitrogen and oxygen atoms in total. The summed E-state index contributed by atoms with van der Waals surface area (Å²) >= 11 is 0. The average molecular weight is 289 g/mol. The second kappa shape index (κ2) is 6.72. The summed E-state index contributed by atoms with van der Waals surface area (Å²) in [6.45, 7) is 6.22. The fourth-order valence-corrected chi connectivity index (χ4v) is 2.69. The van der Waals surface area contributed by atoms with Gasteiger partial charge >= 0.3 is 6.03 Å². The van der Waals surface area contributed by atoms with Crippen LogP contribution in [0.1, 0.15) is 30.6 Å². The third-order valence-corrected chi connectivity index (χ3v) is 3.83. The molecule has 2 rings (SSSR count). The number of hydrogen-bond acceptors (Lipinski definition) is 3. The van der Waals surface area contributed by atoms with Crippen molar-refractivity contribution in [2.24, 2.45) is 0 Å². The normalized spacial score (nSPS) is 20.0. The number of nitrogens with one attached hydrogen (secondary N) is 1. The van der Waals surface area contributed by atoms with Crippen molar-refractivity contribution in [2.75, 3.05) is 32.0 Å². The van der Waals surface area contributed by atoms with Gasteiger partial charge in [0.15, 0.2) is 5.78 Å². The Kier molecular flexibility index (Phi) is 4.96.